The zero-order valence-electron chi connectivity index (χ0n) is 22.2. The van der Waals surface area contributed by atoms with Crippen LogP contribution in [0.5, 0.6) is 5.88 Å². The first-order valence-electron chi connectivity index (χ1n) is 11.8. The van der Waals surface area contributed by atoms with E-state index in [2.05, 4.69) is 28.8 Å². The van der Waals surface area contributed by atoms with Gasteiger partial charge in [-0.2, -0.15) is 8.78 Å². The van der Waals surface area contributed by atoms with Crippen LogP contribution < -0.4 is 10.3 Å². The van der Waals surface area contributed by atoms with Crippen LogP contribution in [-0.2, 0) is 27.8 Å². The van der Waals surface area contributed by atoms with Crippen molar-refractivity contribution in [2.24, 2.45) is 7.05 Å². The maximum absolute atomic E-state index is 13.3. The van der Waals surface area contributed by atoms with Crippen LogP contribution in [0.2, 0.25) is 0 Å². The van der Waals surface area contributed by atoms with E-state index < -0.39 is 35.0 Å². The molecule has 4 heterocycles. The van der Waals surface area contributed by atoms with Gasteiger partial charge >= 0.3 is 13.7 Å². The molecule has 3 aromatic heterocycles. The summed E-state index contributed by atoms with van der Waals surface area (Å²) in [5.41, 5.74) is 1.04. The summed E-state index contributed by atoms with van der Waals surface area (Å²) in [6.07, 6.45) is 10.1. The van der Waals surface area contributed by atoms with Crippen molar-refractivity contribution in [3.05, 3.63) is 24.5 Å². The summed E-state index contributed by atoms with van der Waals surface area (Å²) in [7, 11) is 0.135. The van der Waals surface area contributed by atoms with Crippen molar-refractivity contribution in [3.8, 4) is 17.0 Å². The average Bonchev–Trinajstić information content (AvgIpc) is 3.32. The van der Waals surface area contributed by atoms with Crippen molar-refractivity contribution in [1.29, 1.82) is 0 Å². The van der Waals surface area contributed by atoms with Crippen molar-refractivity contribution < 1.29 is 27.6 Å². The molecule has 1 aliphatic heterocycles. The Balaban J connectivity index is 1.90. The van der Waals surface area contributed by atoms with E-state index in [0.29, 0.717) is 29.0 Å². The molecule has 0 radical (unpaired) electrons. The summed E-state index contributed by atoms with van der Waals surface area (Å²) in [4.78, 5) is 4.62. The predicted molar refractivity (Wildman–Crippen MR) is 140 cm³/mol. The number of hydrogen-bond acceptors (Lipinski definition) is 6. The third-order valence-electron chi connectivity index (χ3n) is 6.66. The van der Waals surface area contributed by atoms with Gasteiger partial charge in [0.15, 0.2) is 0 Å². The molecule has 0 N–H and O–H groups in total. The van der Waals surface area contributed by atoms with Crippen LogP contribution in [0, 0.1) is 0 Å². The van der Waals surface area contributed by atoms with Gasteiger partial charge < -0.3 is 23.3 Å². The molecule has 1 saturated heterocycles. The fourth-order valence-corrected chi connectivity index (χ4v) is 4.70. The van der Waals surface area contributed by atoms with Crippen LogP contribution >= 0.6 is 10.0 Å². The molecule has 198 valence electrons. The van der Waals surface area contributed by atoms with E-state index in [1.165, 1.54) is 4.68 Å². The largest absolute Gasteiger partial charge is 0.513 e. The quantitative estimate of drug-likeness (QED) is 0.311. The summed E-state index contributed by atoms with van der Waals surface area (Å²) in [5, 5.41) is 4.88. The number of halogens is 2. The molecule has 4 rings (SSSR count). The maximum Gasteiger partial charge on any atom is 0.513 e. The Morgan fingerprint density at radius 2 is 1.81 bits per heavy atom. The van der Waals surface area contributed by atoms with E-state index in [0.717, 1.165) is 11.1 Å². The minimum absolute atomic E-state index is 0.176. The van der Waals surface area contributed by atoms with Crippen molar-refractivity contribution in [3.63, 3.8) is 0 Å². The Bertz CT molecular complexity index is 1220. The lowest BCUT2D eigenvalue weighted by molar-refractivity contribution is -0.0527. The molecule has 1 aliphatic rings. The maximum atomic E-state index is 13.3. The molecule has 0 aliphatic carbocycles. The molecular formula is C24H35BF2N4O4S. The first-order chi connectivity index (χ1) is 16.7. The summed E-state index contributed by atoms with van der Waals surface area (Å²) < 4.78 is 53.7. The number of nitrogens with zero attached hydrogens (tertiary/aromatic N) is 4. The highest BCUT2D eigenvalue weighted by Gasteiger charge is 2.54. The van der Waals surface area contributed by atoms with Crippen LogP contribution in [-0.4, -0.2) is 75.4 Å². The summed E-state index contributed by atoms with van der Waals surface area (Å²) in [6.45, 7) is 5.63. The lowest BCUT2D eigenvalue weighted by Crippen LogP contribution is -2.41. The summed E-state index contributed by atoms with van der Waals surface area (Å²) >= 11 is 0. The number of alkyl halides is 2. The molecule has 0 atom stereocenters. The lowest BCUT2D eigenvalue weighted by atomic mass is 9.79. The van der Waals surface area contributed by atoms with E-state index in [-0.39, 0.29) is 12.6 Å². The van der Waals surface area contributed by atoms with Gasteiger partial charge in [0.1, 0.15) is 12.4 Å². The van der Waals surface area contributed by atoms with Crippen LogP contribution in [0.4, 0.5) is 8.78 Å². The predicted octanol–water partition coefficient (Wildman–Crippen LogP) is 4.01. The van der Waals surface area contributed by atoms with Crippen LogP contribution in [0.1, 0.15) is 27.7 Å². The number of aryl methyl sites for hydroxylation is 1. The zero-order chi connectivity index (χ0) is 26.5. The fraction of sp³-hybridized carbons (Fsp3) is 0.583. The Morgan fingerprint density at radius 1 is 1.14 bits per heavy atom. The SMILES string of the molecule is Cn1cc(-c2c(B3OC(C)(C)C(C)(C)O3)n(COCCS(C)(C)C)c3ncccc23)c(OC(F)F)n1. The van der Waals surface area contributed by atoms with Gasteiger partial charge in [0.05, 0.1) is 29.0 Å². The normalized spacial score (nSPS) is 17.9. The van der Waals surface area contributed by atoms with Gasteiger partial charge in [0.2, 0.25) is 5.88 Å². The van der Waals surface area contributed by atoms with Gasteiger partial charge in [-0.05, 0) is 58.6 Å². The van der Waals surface area contributed by atoms with Gasteiger partial charge in [0.25, 0.3) is 0 Å². The standard InChI is InChI=1S/C24H35BF2N4O4S/c1-23(2)24(3,4)35-25(34-23)19-18(17-14-30(5)29-21(17)33-22(26)27)16-10-9-11-28-20(16)31(19)15-32-12-13-36(6,7)8/h9-11,14,22H,12-13,15H2,1-8H3. The molecule has 12 heteroatoms. The first kappa shape index (κ1) is 26.9. The van der Waals surface area contributed by atoms with Crippen LogP contribution in [0.15, 0.2) is 24.5 Å². The average molecular weight is 524 g/mol. The number of hydrogen-bond donors (Lipinski definition) is 0. The molecule has 36 heavy (non-hydrogen) atoms. The smallest absolute Gasteiger partial charge is 0.415 e. The molecule has 0 aromatic carbocycles. The zero-order valence-corrected chi connectivity index (χ0v) is 23.0. The Kier molecular flexibility index (Phi) is 7.19. The summed E-state index contributed by atoms with van der Waals surface area (Å²) in [5.74, 6) is 0.776. The third-order valence-corrected chi connectivity index (χ3v) is 8.05. The Labute approximate surface area is 212 Å². The fourth-order valence-electron chi connectivity index (χ4n) is 4.08. The minimum atomic E-state index is -3.02. The van der Waals surface area contributed by atoms with Gasteiger partial charge in [-0.3, -0.25) is 4.68 Å². The molecule has 0 saturated carbocycles. The molecule has 3 aromatic rings. The van der Waals surface area contributed by atoms with E-state index in [1.54, 1.807) is 25.5 Å². The molecule has 8 nitrogen and oxygen atoms in total. The highest BCUT2D eigenvalue weighted by molar-refractivity contribution is 8.32. The number of fused-ring (bicyclic) bond motifs is 1. The van der Waals surface area contributed by atoms with Gasteiger partial charge in [-0.1, -0.05) is 0 Å². The number of ether oxygens (including phenoxy) is 2. The second kappa shape index (κ2) is 9.62. The number of aromatic nitrogens is 4. The number of rotatable bonds is 9. The molecule has 1 fully saturated rings. The highest BCUT2D eigenvalue weighted by atomic mass is 32.3. The second-order valence-corrected chi connectivity index (χ2v) is 15.5. The van der Waals surface area contributed by atoms with E-state index in [9.17, 15) is 8.78 Å². The molecule has 0 bridgehead atoms. The van der Waals surface area contributed by atoms with Gasteiger partial charge in [-0.25, -0.2) is 15.0 Å². The van der Waals surface area contributed by atoms with Gasteiger partial charge in [0, 0.05) is 36.1 Å². The number of pyridine rings is 1. The third kappa shape index (κ3) is 5.27. The first-order valence-corrected chi connectivity index (χ1v) is 14.8. The van der Waals surface area contributed by atoms with E-state index in [1.807, 2.05) is 38.3 Å². The van der Waals surface area contributed by atoms with Crippen molar-refractivity contribution in [2.75, 3.05) is 31.1 Å². The monoisotopic (exact) mass is 524 g/mol. The van der Waals surface area contributed by atoms with E-state index in [4.69, 9.17) is 18.8 Å². The Morgan fingerprint density at radius 3 is 2.42 bits per heavy atom. The van der Waals surface area contributed by atoms with Crippen LogP contribution in [0.25, 0.3) is 22.2 Å². The van der Waals surface area contributed by atoms with Crippen LogP contribution in [0.3, 0.4) is 0 Å². The van der Waals surface area contributed by atoms with Crippen molar-refractivity contribution in [1.82, 2.24) is 19.3 Å². The lowest BCUT2D eigenvalue weighted by Gasteiger charge is -2.32. The highest BCUT2D eigenvalue weighted by Crippen LogP contribution is 2.40. The molecular weight excluding hydrogens is 489 g/mol. The van der Waals surface area contributed by atoms with Gasteiger partial charge in [-0.15, -0.1) is 5.10 Å². The molecule has 0 unspecified atom stereocenters. The molecule has 0 amide bonds. The summed E-state index contributed by atoms with van der Waals surface area (Å²) in [6, 6.07) is 3.69. The minimum Gasteiger partial charge on any atom is -0.415 e. The van der Waals surface area contributed by atoms with Crippen molar-refractivity contribution >= 4 is 33.8 Å². The topological polar surface area (TPSA) is 72.6 Å². The second-order valence-electron chi connectivity index (χ2n) is 10.9. The van der Waals surface area contributed by atoms with E-state index >= 15 is 0 Å². The Hall–Kier alpha value is -2.15. The molecule has 0 spiro atoms. The van der Waals surface area contributed by atoms with Crippen molar-refractivity contribution in [2.45, 2.75) is 52.2 Å².